The number of hydrogen-bond donors (Lipinski definition) is 1. The third-order valence-electron chi connectivity index (χ3n) is 2.19. The first-order valence-electron chi connectivity index (χ1n) is 4.56. The van der Waals surface area contributed by atoms with Crippen LogP contribution in [-0.2, 0) is 4.79 Å². The number of carbonyl (C=O) groups excluding carboxylic acids is 1. The topological polar surface area (TPSA) is 44.6 Å². The van der Waals surface area contributed by atoms with Crippen molar-refractivity contribution in [2.45, 2.75) is 39.2 Å². The van der Waals surface area contributed by atoms with Crippen LogP contribution in [0.15, 0.2) is 0 Å². The lowest BCUT2D eigenvalue weighted by molar-refractivity contribution is -0.902. The number of carboxylic acids is 1. The van der Waals surface area contributed by atoms with Gasteiger partial charge >= 0.3 is 0 Å². The highest BCUT2D eigenvalue weighted by Crippen LogP contribution is 1.90. The van der Waals surface area contributed by atoms with Crippen molar-refractivity contribution >= 4 is 5.97 Å². The molecule has 1 unspecified atom stereocenters. The average molecular weight is 173 g/mol. The molecule has 0 saturated carbocycles. The van der Waals surface area contributed by atoms with Crippen LogP contribution in [0.4, 0.5) is 0 Å². The van der Waals surface area contributed by atoms with Gasteiger partial charge in [0, 0.05) is 5.97 Å². The molecular formula is C9H19NO2. The molecule has 0 aliphatic heterocycles. The largest absolute Gasteiger partial charge is 0.550 e. The van der Waals surface area contributed by atoms with Crippen LogP contribution < -0.4 is 10.0 Å². The zero-order valence-electron chi connectivity index (χ0n) is 8.22. The molecule has 0 saturated heterocycles. The number of rotatable bonds is 6. The predicted molar refractivity (Wildman–Crippen MR) is 45.7 cm³/mol. The zero-order chi connectivity index (χ0) is 9.56. The normalized spacial score (nSPS) is 13.3. The highest BCUT2D eigenvalue weighted by molar-refractivity contribution is 5.63. The third kappa shape index (κ3) is 6.16. The molecule has 0 spiro atoms. The maximum absolute atomic E-state index is 10.1. The van der Waals surface area contributed by atoms with E-state index in [1.54, 1.807) is 0 Å². The molecule has 3 nitrogen and oxygen atoms in total. The van der Waals surface area contributed by atoms with Crippen molar-refractivity contribution < 1.29 is 14.8 Å². The van der Waals surface area contributed by atoms with E-state index in [2.05, 4.69) is 20.9 Å². The molecule has 0 radical (unpaired) electrons. The van der Waals surface area contributed by atoms with Gasteiger partial charge < -0.3 is 14.8 Å². The van der Waals surface area contributed by atoms with Crippen molar-refractivity contribution in [2.24, 2.45) is 0 Å². The number of aliphatic carboxylic acids is 1. The molecule has 0 amide bonds. The van der Waals surface area contributed by atoms with Crippen LogP contribution in [0.5, 0.6) is 0 Å². The van der Waals surface area contributed by atoms with Crippen molar-refractivity contribution in [3.63, 3.8) is 0 Å². The second kappa shape index (κ2) is 6.00. The smallest absolute Gasteiger partial charge is 0.0815 e. The minimum Gasteiger partial charge on any atom is -0.550 e. The fraction of sp³-hybridized carbons (Fsp3) is 0.889. The summed E-state index contributed by atoms with van der Waals surface area (Å²) in [5.74, 6) is -0.933. The molecule has 0 heterocycles. The van der Waals surface area contributed by atoms with Crippen molar-refractivity contribution in [3.8, 4) is 0 Å². The van der Waals surface area contributed by atoms with E-state index in [1.165, 1.54) is 4.90 Å². The number of carboxylic acid groups (broad SMARTS) is 1. The summed E-state index contributed by atoms with van der Waals surface area (Å²) in [5, 5.41) is 10.1. The van der Waals surface area contributed by atoms with E-state index >= 15 is 0 Å². The minimum atomic E-state index is -0.933. The van der Waals surface area contributed by atoms with Crippen molar-refractivity contribution in [2.75, 3.05) is 13.6 Å². The maximum Gasteiger partial charge on any atom is 0.0815 e. The van der Waals surface area contributed by atoms with Gasteiger partial charge in [0.15, 0.2) is 0 Å². The fourth-order valence-electron chi connectivity index (χ4n) is 0.962. The Balaban J connectivity index is 3.25. The average Bonchev–Trinajstić information content (AvgIpc) is 1.97. The Morgan fingerprint density at radius 1 is 1.42 bits per heavy atom. The number of quaternary nitrogens is 1. The Morgan fingerprint density at radius 2 is 2.00 bits per heavy atom. The van der Waals surface area contributed by atoms with Gasteiger partial charge in [-0.15, -0.1) is 0 Å². The first kappa shape index (κ1) is 11.4. The van der Waals surface area contributed by atoms with Crippen LogP contribution in [0.1, 0.15) is 33.1 Å². The van der Waals surface area contributed by atoms with E-state index in [0.29, 0.717) is 6.04 Å². The molecule has 0 aromatic heterocycles. The second-order valence-corrected chi connectivity index (χ2v) is 3.58. The Labute approximate surface area is 74.4 Å². The summed E-state index contributed by atoms with van der Waals surface area (Å²) in [4.78, 5) is 11.5. The summed E-state index contributed by atoms with van der Waals surface area (Å²) in [7, 11) is 2.13. The standard InChI is InChI=1S/C9H19NO2/c1-8(2)10(3)7-5-4-6-9(11)12/h8H,4-7H2,1-3H3,(H,11,12). The van der Waals surface area contributed by atoms with Gasteiger partial charge in [0.05, 0.1) is 19.6 Å². The van der Waals surface area contributed by atoms with Gasteiger partial charge in [-0.3, -0.25) is 0 Å². The summed E-state index contributed by atoms with van der Waals surface area (Å²) >= 11 is 0. The Bertz CT molecular complexity index is 134. The Hall–Kier alpha value is -0.570. The van der Waals surface area contributed by atoms with E-state index in [9.17, 15) is 9.90 Å². The highest BCUT2D eigenvalue weighted by atomic mass is 16.4. The lowest BCUT2D eigenvalue weighted by Crippen LogP contribution is -3.12. The SMILES string of the molecule is CC(C)[NH+](C)CCCCC(=O)[O-]. The predicted octanol–water partition coefficient (Wildman–Crippen LogP) is -1.17. The molecule has 0 aromatic carbocycles. The van der Waals surface area contributed by atoms with Crippen molar-refractivity contribution in [1.82, 2.24) is 0 Å². The molecule has 1 N–H and O–H groups in total. The molecule has 0 aromatic rings. The number of hydrogen-bond acceptors (Lipinski definition) is 2. The van der Waals surface area contributed by atoms with Gasteiger partial charge in [0.1, 0.15) is 0 Å². The monoisotopic (exact) mass is 173 g/mol. The zero-order valence-corrected chi connectivity index (χ0v) is 8.22. The van der Waals surface area contributed by atoms with Crippen LogP contribution in [0.3, 0.4) is 0 Å². The van der Waals surface area contributed by atoms with Crippen LogP contribution in [-0.4, -0.2) is 25.6 Å². The van der Waals surface area contributed by atoms with Crippen molar-refractivity contribution in [3.05, 3.63) is 0 Å². The van der Waals surface area contributed by atoms with Crippen LogP contribution in [0, 0.1) is 0 Å². The van der Waals surface area contributed by atoms with Gasteiger partial charge in [-0.25, -0.2) is 0 Å². The van der Waals surface area contributed by atoms with Crippen LogP contribution in [0.2, 0.25) is 0 Å². The summed E-state index contributed by atoms with van der Waals surface area (Å²) in [5.41, 5.74) is 0. The summed E-state index contributed by atoms with van der Waals surface area (Å²) in [6.45, 7) is 5.37. The molecule has 0 bridgehead atoms. The van der Waals surface area contributed by atoms with Crippen molar-refractivity contribution in [1.29, 1.82) is 0 Å². The molecule has 0 aliphatic carbocycles. The van der Waals surface area contributed by atoms with Crippen LogP contribution >= 0.6 is 0 Å². The van der Waals surface area contributed by atoms with Gasteiger partial charge in [0.25, 0.3) is 0 Å². The lowest BCUT2D eigenvalue weighted by atomic mass is 10.2. The molecule has 72 valence electrons. The van der Waals surface area contributed by atoms with Crippen LogP contribution in [0.25, 0.3) is 0 Å². The number of nitrogens with one attached hydrogen (secondary N) is 1. The second-order valence-electron chi connectivity index (χ2n) is 3.58. The quantitative estimate of drug-likeness (QED) is 0.514. The molecule has 0 rings (SSSR count). The van der Waals surface area contributed by atoms with E-state index < -0.39 is 5.97 Å². The Morgan fingerprint density at radius 3 is 2.42 bits per heavy atom. The van der Waals surface area contributed by atoms with E-state index in [0.717, 1.165) is 19.4 Å². The van der Waals surface area contributed by atoms with Gasteiger partial charge in [-0.05, 0) is 33.1 Å². The maximum atomic E-state index is 10.1. The molecule has 3 heteroatoms. The first-order valence-corrected chi connectivity index (χ1v) is 4.56. The number of carbonyl (C=O) groups is 1. The summed E-state index contributed by atoms with van der Waals surface area (Å²) in [6.07, 6.45) is 1.91. The summed E-state index contributed by atoms with van der Waals surface area (Å²) < 4.78 is 0. The third-order valence-corrected chi connectivity index (χ3v) is 2.19. The summed E-state index contributed by atoms with van der Waals surface area (Å²) in [6, 6.07) is 0.618. The molecule has 0 fully saturated rings. The highest BCUT2D eigenvalue weighted by Gasteiger charge is 2.04. The molecule has 1 atom stereocenters. The van der Waals surface area contributed by atoms with Gasteiger partial charge in [-0.2, -0.15) is 0 Å². The molecule has 12 heavy (non-hydrogen) atoms. The minimum absolute atomic E-state index is 0.200. The molecular weight excluding hydrogens is 154 g/mol. The molecule has 0 aliphatic rings. The van der Waals surface area contributed by atoms with E-state index in [-0.39, 0.29) is 6.42 Å². The first-order chi connectivity index (χ1) is 5.54. The van der Waals surface area contributed by atoms with Gasteiger partial charge in [-0.1, -0.05) is 0 Å². The lowest BCUT2D eigenvalue weighted by Gasteiger charge is -2.17. The fourth-order valence-corrected chi connectivity index (χ4v) is 0.962. The Kier molecular flexibility index (Phi) is 5.72. The van der Waals surface area contributed by atoms with Gasteiger partial charge in [0.2, 0.25) is 0 Å². The number of unbranched alkanes of at least 4 members (excludes halogenated alkanes) is 1. The van der Waals surface area contributed by atoms with E-state index in [4.69, 9.17) is 0 Å². The van der Waals surface area contributed by atoms with E-state index in [1.807, 2.05) is 0 Å².